The smallest absolute Gasteiger partial charge is 0.313 e. The minimum absolute atomic E-state index is 0.0136. The van der Waals surface area contributed by atoms with Crippen LogP contribution in [0.4, 0.5) is 5.69 Å². The van der Waals surface area contributed by atoms with Gasteiger partial charge in [-0.3, -0.25) is 14.4 Å². The number of unbranched alkanes of at least 4 members (excludes halogenated alkanes) is 1. The average Bonchev–Trinajstić information content (AvgIpc) is 3.05. The van der Waals surface area contributed by atoms with Crippen molar-refractivity contribution in [3.05, 3.63) is 53.6 Å². The van der Waals surface area contributed by atoms with Crippen LogP contribution in [-0.4, -0.2) is 71.3 Å². The lowest BCUT2D eigenvalue weighted by Gasteiger charge is -2.37. The van der Waals surface area contributed by atoms with Crippen molar-refractivity contribution < 1.29 is 29.0 Å². The molecule has 9 heteroatoms. The highest BCUT2D eigenvalue weighted by Crippen LogP contribution is 2.57. The standard InChI is InChI=1S/C25H27ClN2O6/c1-24-10-5-15-33-23(32)19(24)18-21(30)28(12-2-3-14-29)20-22(31)27(13-4-11-25(18,20)34-24)17-8-6-16(26)7-9-17/h4-11,18-20,29H,2-3,12-15H2,1H3/t18-,19-,20?,24+,25-/m0/s1. The number of rotatable bonds is 5. The molecule has 2 amide bonds. The minimum atomic E-state index is -1.31. The first-order valence-corrected chi connectivity index (χ1v) is 11.9. The van der Waals surface area contributed by atoms with E-state index in [0.717, 1.165) is 0 Å². The number of benzene rings is 1. The summed E-state index contributed by atoms with van der Waals surface area (Å²) in [6, 6.07) is 5.99. The predicted octanol–water partition coefficient (Wildman–Crippen LogP) is 2.10. The maximum absolute atomic E-state index is 14.1. The number of halogens is 1. The second-order valence-corrected chi connectivity index (χ2v) is 9.76. The zero-order chi connectivity index (χ0) is 24.1. The van der Waals surface area contributed by atoms with Gasteiger partial charge in [-0.05, 0) is 50.1 Å². The van der Waals surface area contributed by atoms with Gasteiger partial charge in [0, 0.05) is 30.4 Å². The number of likely N-dealkylation sites (tertiary alicyclic amines) is 1. The first kappa shape index (κ1) is 23.1. The van der Waals surface area contributed by atoms with E-state index in [2.05, 4.69) is 0 Å². The third-order valence-electron chi connectivity index (χ3n) is 7.26. The Labute approximate surface area is 202 Å². The van der Waals surface area contributed by atoms with Gasteiger partial charge in [-0.25, -0.2) is 0 Å². The topological polar surface area (TPSA) is 96.4 Å². The summed E-state index contributed by atoms with van der Waals surface area (Å²) >= 11 is 6.04. The van der Waals surface area contributed by atoms with Crippen LogP contribution in [0.3, 0.4) is 0 Å². The second kappa shape index (κ2) is 8.52. The Bertz CT molecular complexity index is 1070. The van der Waals surface area contributed by atoms with E-state index in [4.69, 9.17) is 21.1 Å². The molecule has 5 atom stereocenters. The van der Waals surface area contributed by atoms with E-state index in [1.54, 1.807) is 54.3 Å². The molecular formula is C25H27ClN2O6. The summed E-state index contributed by atoms with van der Waals surface area (Å²) in [7, 11) is 0. The highest BCUT2D eigenvalue weighted by atomic mass is 35.5. The van der Waals surface area contributed by atoms with Crippen LogP contribution < -0.4 is 4.90 Å². The van der Waals surface area contributed by atoms with Gasteiger partial charge in [-0.2, -0.15) is 0 Å². The lowest BCUT2D eigenvalue weighted by Crippen LogP contribution is -2.56. The van der Waals surface area contributed by atoms with Gasteiger partial charge in [0.2, 0.25) is 5.91 Å². The number of cyclic esters (lactones) is 1. The molecule has 0 radical (unpaired) electrons. The molecule has 4 aliphatic rings. The molecule has 4 heterocycles. The average molecular weight is 487 g/mol. The molecule has 1 spiro atoms. The van der Waals surface area contributed by atoms with Gasteiger partial charge in [-0.1, -0.05) is 29.8 Å². The molecule has 180 valence electrons. The van der Waals surface area contributed by atoms with E-state index in [1.165, 1.54) is 4.90 Å². The fraction of sp³-hybridized carbons (Fsp3) is 0.480. The summed E-state index contributed by atoms with van der Waals surface area (Å²) in [4.78, 5) is 44.1. The van der Waals surface area contributed by atoms with Crippen LogP contribution in [0.1, 0.15) is 19.8 Å². The van der Waals surface area contributed by atoms with Crippen molar-refractivity contribution in [3.63, 3.8) is 0 Å². The molecule has 4 aliphatic heterocycles. The summed E-state index contributed by atoms with van der Waals surface area (Å²) in [6.45, 7) is 2.43. The highest BCUT2D eigenvalue weighted by molar-refractivity contribution is 6.30. The number of amides is 2. The molecule has 0 aromatic heterocycles. The zero-order valence-electron chi connectivity index (χ0n) is 18.9. The lowest BCUT2D eigenvalue weighted by atomic mass is 9.75. The van der Waals surface area contributed by atoms with Crippen LogP contribution in [0.5, 0.6) is 0 Å². The van der Waals surface area contributed by atoms with E-state index < -0.39 is 35.0 Å². The Balaban J connectivity index is 1.61. The van der Waals surface area contributed by atoms with Crippen molar-refractivity contribution in [1.82, 2.24) is 4.90 Å². The van der Waals surface area contributed by atoms with Crippen LogP contribution in [0.25, 0.3) is 0 Å². The van der Waals surface area contributed by atoms with Crippen molar-refractivity contribution in [3.8, 4) is 0 Å². The molecule has 5 rings (SSSR count). The molecule has 2 saturated heterocycles. The van der Waals surface area contributed by atoms with Crippen LogP contribution in [0, 0.1) is 11.8 Å². The van der Waals surface area contributed by atoms with Gasteiger partial charge < -0.3 is 24.4 Å². The molecule has 0 aliphatic carbocycles. The van der Waals surface area contributed by atoms with Crippen molar-refractivity contribution >= 4 is 35.1 Å². The number of hydrogen-bond acceptors (Lipinski definition) is 6. The Morgan fingerprint density at radius 2 is 1.82 bits per heavy atom. The SMILES string of the molecule is C[C@@]12C=CCOC(=O)[C@@H]1[C@H]1C(=O)N(CCCCO)C3C(=O)N(c4ccc(Cl)cc4)CC=C[C@@]31O2. The quantitative estimate of drug-likeness (QED) is 0.389. The van der Waals surface area contributed by atoms with E-state index in [1.807, 2.05) is 6.08 Å². The zero-order valence-corrected chi connectivity index (χ0v) is 19.6. The van der Waals surface area contributed by atoms with E-state index in [-0.39, 0.29) is 38.1 Å². The maximum atomic E-state index is 14.1. The third-order valence-corrected chi connectivity index (χ3v) is 7.51. The van der Waals surface area contributed by atoms with Gasteiger partial charge in [0.25, 0.3) is 5.91 Å². The summed E-state index contributed by atoms with van der Waals surface area (Å²) in [6.07, 6.45) is 8.12. The first-order valence-electron chi connectivity index (χ1n) is 11.5. The lowest BCUT2D eigenvalue weighted by molar-refractivity contribution is -0.156. The fourth-order valence-electron chi connectivity index (χ4n) is 5.84. The van der Waals surface area contributed by atoms with Gasteiger partial charge >= 0.3 is 5.97 Å². The maximum Gasteiger partial charge on any atom is 0.313 e. The number of esters is 1. The van der Waals surface area contributed by atoms with Crippen LogP contribution in [-0.2, 0) is 23.9 Å². The number of aliphatic hydroxyl groups excluding tert-OH is 1. The molecule has 34 heavy (non-hydrogen) atoms. The first-order chi connectivity index (χ1) is 16.3. The van der Waals surface area contributed by atoms with E-state index in [9.17, 15) is 19.5 Å². The molecule has 1 N–H and O–H groups in total. The Morgan fingerprint density at radius 1 is 1.06 bits per heavy atom. The number of carbonyl (C=O) groups is 3. The number of aliphatic hydroxyl groups is 1. The van der Waals surface area contributed by atoms with Crippen LogP contribution in [0.15, 0.2) is 48.6 Å². The summed E-state index contributed by atoms with van der Waals surface area (Å²) in [5, 5.41) is 9.82. The van der Waals surface area contributed by atoms with Crippen molar-refractivity contribution in [2.45, 2.75) is 37.0 Å². The van der Waals surface area contributed by atoms with Crippen molar-refractivity contribution in [1.29, 1.82) is 0 Å². The van der Waals surface area contributed by atoms with E-state index in [0.29, 0.717) is 23.6 Å². The monoisotopic (exact) mass is 486 g/mol. The third kappa shape index (κ3) is 3.39. The van der Waals surface area contributed by atoms with Crippen molar-refractivity contribution in [2.75, 3.05) is 31.2 Å². The minimum Gasteiger partial charge on any atom is -0.461 e. The van der Waals surface area contributed by atoms with Gasteiger partial charge in [-0.15, -0.1) is 0 Å². The number of ether oxygens (including phenoxy) is 2. The number of fused-ring (bicyclic) bond motifs is 2. The Hall–Kier alpha value is -2.68. The van der Waals surface area contributed by atoms with Gasteiger partial charge in [0.15, 0.2) is 0 Å². The summed E-state index contributed by atoms with van der Waals surface area (Å²) in [5.74, 6) is -2.86. The molecular weight excluding hydrogens is 460 g/mol. The number of anilines is 1. The Morgan fingerprint density at radius 3 is 2.56 bits per heavy atom. The normalized spacial score (nSPS) is 34.4. The molecule has 1 aromatic carbocycles. The van der Waals surface area contributed by atoms with Crippen LogP contribution in [0.2, 0.25) is 5.02 Å². The number of nitrogens with zero attached hydrogens (tertiary/aromatic N) is 2. The molecule has 1 unspecified atom stereocenters. The molecule has 1 aromatic rings. The van der Waals surface area contributed by atoms with Gasteiger partial charge in [0.1, 0.15) is 24.2 Å². The van der Waals surface area contributed by atoms with Crippen molar-refractivity contribution in [2.24, 2.45) is 11.8 Å². The fourth-order valence-corrected chi connectivity index (χ4v) is 5.97. The number of hydrogen-bond donors (Lipinski definition) is 1. The van der Waals surface area contributed by atoms with E-state index >= 15 is 0 Å². The molecule has 0 saturated carbocycles. The van der Waals surface area contributed by atoms with Crippen LogP contribution >= 0.6 is 11.6 Å². The largest absolute Gasteiger partial charge is 0.461 e. The van der Waals surface area contributed by atoms with Gasteiger partial charge in [0.05, 0.1) is 11.5 Å². The second-order valence-electron chi connectivity index (χ2n) is 9.32. The molecule has 0 bridgehead atoms. The summed E-state index contributed by atoms with van der Waals surface area (Å²) in [5.41, 5.74) is -1.74. The predicted molar refractivity (Wildman–Crippen MR) is 124 cm³/mol. The number of carbonyl (C=O) groups excluding carboxylic acids is 3. The Kier molecular flexibility index (Phi) is 5.78. The summed E-state index contributed by atoms with van der Waals surface area (Å²) < 4.78 is 12.0. The highest BCUT2D eigenvalue weighted by Gasteiger charge is 2.74. The molecule has 2 fully saturated rings. The molecule has 8 nitrogen and oxygen atoms in total.